The summed E-state index contributed by atoms with van der Waals surface area (Å²) in [5, 5.41) is 2.85. The Bertz CT molecular complexity index is 1070. The van der Waals surface area contributed by atoms with Gasteiger partial charge in [-0.25, -0.2) is 0 Å². The molecule has 2 aromatic rings. The number of nitrogens with zero attached hydrogens (tertiary/aromatic N) is 4. The molecule has 188 valence electrons. The van der Waals surface area contributed by atoms with Gasteiger partial charge in [0.15, 0.2) is 6.61 Å². The molecule has 0 bridgehead atoms. The van der Waals surface area contributed by atoms with Crippen molar-refractivity contribution in [2.45, 2.75) is 32.0 Å². The molecule has 1 aliphatic heterocycles. The predicted octanol–water partition coefficient (Wildman–Crippen LogP) is 2.62. The molecule has 4 rings (SSSR count). The summed E-state index contributed by atoms with van der Waals surface area (Å²) in [5.74, 6) is 0.298. The number of ketones is 1. The number of likely N-dealkylation sites (N-methyl/N-ethyl adjacent to an activating group) is 1. The number of anilines is 1. The van der Waals surface area contributed by atoms with Gasteiger partial charge >= 0.3 is 6.18 Å². The van der Waals surface area contributed by atoms with Crippen molar-refractivity contribution in [3.05, 3.63) is 47.3 Å². The highest BCUT2D eigenvalue weighted by Crippen LogP contribution is 2.31. The molecule has 0 atom stereocenters. The van der Waals surface area contributed by atoms with Crippen LogP contribution in [0.2, 0.25) is 0 Å². The van der Waals surface area contributed by atoms with Crippen molar-refractivity contribution in [1.82, 2.24) is 20.2 Å². The molecule has 0 aromatic carbocycles. The Kier molecular flexibility index (Phi) is 7.54. The van der Waals surface area contributed by atoms with E-state index in [1.165, 1.54) is 12.3 Å². The van der Waals surface area contributed by atoms with E-state index in [0.717, 1.165) is 25.9 Å². The first-order valence-corrected chi connectivity index (χ1v) is 11.6. The number of piperazine rings is 1. The normalized spacial score (nSPS) is 16.7. The van der Waals surface area contributed by atoms with Crippen LogP contribution in [0.3, 0.4) is 0 Å². The second kappa shape index (κ2) is 10.6. The van der Waals surface area contributed by atoms with Crippen molar-refractivity contribution >= 4 is 17.5 Å². The molecule has 2 aliphatic rings. The second-order valence-corrected chi connectivity index (χ2v) is 8.96. The summed E-state index contributed by atoms with van der Waals surface area (Å²) in [4.78, 5) is 37.5. The maximum Gasteiger partial charge on any atom is 0.422 e. The van der Waals surface area contributed by atoms with Gasteiger partial charge in [0.05, 0.1) is 0 Å². The minimum absolute atomic E-state index is 0.120. The van der Waals surface area contributed by atoms with E-state index in [9.17, 15) is 22.8 Å². The van der Waals surface area contributed by atoms with E-state index in [1.54, 1.807) is 18.2 Å². The first kappa shape index (κ1) is 24.9. The van der Waals surface area contributed by atoms with Gasteiger partial charge < -0.3 is 19.9 Å². The van der Waals surface area contributed by atoms with Crippen molar-refractivity contribution in [2.75, 3.05) is 44.7 Å². The lowest BCUT2D eigenvalue weighted by atomic mass is 10.1. The van der Waals surface area contributed by atoms with Crippen LogP contribution in [0.5, 0.6) is 5.88 Å². The molecule has 3 heterocycles. The van der Waals surface area contributed by atoms with Gasteiger partial charge in [-0.05, 0) is 38.1 Å². The van der Waals surface area contributed by atoms with Gasteiger partial charge in [-0.15, -0.1) is 0 Å². The van der Waals surface area contributed by atoms with Gasteiger partial charge in [-0.2, -0.15) is 18.2 Å². The molecule has 0 spiro atoms. The van der Waals surface area contributed by atoms with Crippen molar-refractivity contribution in [2.24, 2.45) is 5.92 Å². The number of hydrogen-bond acceptors (Lipinski definition) is 7. The number of rotatable bonds is 9. The van der Waals surface area contributed by atoms with Gasteiger partial charge in [0.25, 0.3) is 5.91 Å². The first-order valence-electron chi connectivity index (χ1n) is 11.6. The fraction of sp³-hybridized carbons (Fsp3) is 0.500. The molecule has 1 saturated carbocycles. The number of alkyl halides is 3. The van der Waals surface area contributed by atoms with Crippen LogP contribution in [-0.4, -0.2) is 72.6 Å². The van der Waals surface area contributed by atoms with Gasteiger partial charge in [-0.3, -0.25) is 14.6 Å². The standard InChI is InChI=1S/C24H28F3N5O3/c1-31-8-10-32(11-9-31)22-18(4-5-21(30-22)35-15-24(25,26)27)14-29-23(34)17-6-7-28-19(12-17)13-20(33)16-2-3-16/h4-7,12,16H,2-3,8-11,13-15H2,1H3,(H,29,34). The summed E-state index contributed by atoms with van der Waals surface area (Å²) in [6, 6.07) is 6.19. The fourth-order valence-electron chi connectivity index (χ4n) is 3.85. The average molecular weight is 492 g/mol. The van der Waals surface area contributed by atoms with E-state index < -0.39 is 12.8 Å². The number of pyridine rings is 2. The van der Waals surface area contributed by atoms with Crippen LogP contribution in [0.15, 0.2) is 30.5 Å². The number of amides is 1. The molecular formula is C24H28F3N5O3. The number of halogens is 3. The molecule has 0 unspecified atom stereocenters. The Morgan fingerprint density at radius 1 is 1.14 bits per heavy atom. The van der Waals surface area contributed by atoms with E-state index in [0.29, 0.717) is 35.7 Å². The van der Waals surface area contributed by atoms with Crippen molar-refractivity contribution in [3.8, 4) is 5.88 Å². The number of nitrogens with one attached hydrogen (secondary N) is 1. The Labute approximate surface area is 201 Å². The summed E-state index contributed by atoms with van der Waals surface area (Å²) in [5.41, 5.74) is 1.61. The average Bonchev–Trinajstić information content (AvgIpc) is 3.67. The topological polar surface area (TPSA) is 87.7 Å². The van der Waals surface area contributed by atoms with Gasteiger partial charge in [-0.1, -0.05) is 0 Å². The lowest BCUT2D eigenvalue weighted by Crippen LogP contribution is -2.45. The molecule has 11 heteroatoms. The third kappa shape index (κ3) is 7.14. The minimum Gasteiger partial charge on any atom is -0.468 e. The third-order valence-electron chi connectivity index (χ3n) is 6.02. The van der Waals surface area contributed by atoms with E-state index in [-0.39, 0.29) is 36.5 Å². The van der Waals surface area contributed by atoms with Crippen LogP contribution in [0.25, 0.3) is 0 Å². The first-order chi connectivity index (χ1) is 16.7. The molecule has 35 heavy (non-hydrogen) atoms. The lowest BCUT2D eigenvalue weighted by Gasteiger charge is -2.34. The molecule has 1 saturated heterocycles. The lowest BCUT2D eigenvalue weighted by molar-refractivity contribution is -0.154. The Balaban J connectivity index is 1.45. The molecule has 1 amide bonds. The smallest absolute Gasteiger partial charge is 0.422 e. The molecule has 1 N–H and O–H groups in total. The SMILES string of the molecule is CN1CCN(c2nc(OCC(F)(F)F)ccc2CNC(=O)c2ccnc(CC(=O)C3CC3)c2)CC1. The highest BCUT2D eigenvalue weighted by Gasteiger charge is 2.30. The van der Waals surface area contributed by atoms with Crippen LogP contribution in [-0.2, 0) is 17.8 Å². The Morgan fingerprint density at radius 2 is 1.89 bits per heavy atom. The van der Waals surface area contributed by atoms with Gasteiger partial charge in [0, 0.05) is 74.1 Å². The van der Waals surface area contributed by atoms with E-state index in [1.807, 2.05) is 11.9 Å². The van der Waals surface area contributed by atoms with Crippen molar-refractivity contribution in [1.29, 1.82) is 0 Å². The Morgan fingerprint density at radius 3 is 2.57 bits per heavy atom. The zero-order valence-corrected chi connectivity index (χ0v) is 19.5. The largest absolute Gasteiger partial charge is 0.468 e. The number of Topliss-reactive ketones (excluding diaryl/α,β-unsaturated/α-hetero) is 1. The van der Waals surface area contributed by atoms with Crippen LogP contribution >= 0.6 is 0 Å². The molecule has 2 fully saturated rings. The number of ether oxygens (including phenoxy) is 1. The van der Waals surface area contributed by atoms with Crippen LogP contribution < -0.4 is 15.0 Å². The van der Waals surface area contributed by atoms with Crippen LogP contribution in [0.1, 0.15) is 34.5 Å². The molecule has 1 aliphatic carbocycles. The highest BCUT2D eigenvalue weighted by molar-refractivity contribution is 5.94. The quantitative estimate of drug-likeness (QED) is 0.577. The third-order valence-corrected chi connectivity index (χ3v) is 6.02. The van der Waals surface area contributed by atoms with E-state index >= 15 is 0 Å². The van der Waals surface area contributed by atoms with Crippen molar-refractivity contribution < 1.29 is 27.5 Å². The van der Waals surface area contributed by atoms with E-state index in [4.69, 9.17) is 4.74 Å². The summed E-state index contributed by atoms with van der Waals surface area (Å²) in [6.07, 6.45) is -0.905. The van der Waals surface area contributed by atoms with Crippen LogP contribution in [0.4, 0.5) is 19.0 Å². The fourth-order valence-corrected chi connectivity index (χ4v) is 3.85. The maximum atomic E-state index is 12.8. The maximum absolute atomic E-state index is 12.8. The monoisotopic (exact) mass is 491 g/mol. The second-order valence-electron chi connectivity index (χ2n) is 8.96. The molecule has 8 nitrogen and oxygen atoms in total. The summed E-state index contributed by atoms with van der Waals surface area (Å²) in [6.45, 7) is 1.56. The summed E-state index contributed by atoms with van der Waals surface area (Å²) < 4.78 is 42.6. The molecular weight excluding hydrogens is 463 g/mol. The number of carbonyl (C=O) groups is 2. The van der Waals surface area contributed by atoms with Gasteiger partial charge in [0.1, 0.15) is 11.6 Å². The molecule has 2 aromatic heterocycles. The Hall–Kier alpha value is -3.21. The number of aromatic nitrogens is 2. The predicted molar refractivity (Wildman–Crippen MR) is 122 cm³/mol. The number of hydrogen-bond donors (Lipinski definition) is 1. The van der Waals surface area contributed by atoms with Crippen LogP contribution in [0, 0.1) is 5.92 Å². The minimum atomic E-state index is -4.46. The van der Waals surface area contributed by atoms with Crippen molar-refractivity contribution in [3.63, 3.8) is 0 Å². The van der Waals surface area contributed by atoms with Gasteiger partial charge in [0.2, 0.25) is 5.88 Å². The highest BCUT2D eigenvalue weighted by atomic mass is 19.4. The number of carbonyl (C=O) groups excluding carboxylic acids is 2. The zero-order valence-electron chi connectivity index (χ0n) is 19.5. The molecule has 0 radical (unpaired) electrons. The van der Waals surface area contributed by atoms with E-state index in [2.05, 4.69) is 20.2 Å². The zero-order chi connectivity index (χ0) is 25.0. The summed E-state index contributed by atoms with van der Waals surface area (Å²) in [7, 11) is 2.00. The summed E-state index contributed by atoms with van der Waals surface area (Å²) >= 11 is 0.